The molecule has 0 radical (unpaired) electrons. The van der Waals surface area contributed by atoms with Gasteiger partial charge in [-0.2, -0.15) is 0 Å². The van der Waals surface area contributed by atoms with Crippen molar-refractivity contribution < 1.29 is 9.18 Å². The van der Waals surface area contributed by atoms with Crippen molar-refractivity contribution in [1.82, 2.24) is 23.7 Å². The van der Waals surface area contributed by atoms with Crippen LogP contribution in [0.2, 0.25) is 0 Å². The average molecular weight is 485 g/mol. The third kappa shape index (κ3) is 5.54. The van der Waals surface area contributed by atoms with Crippen molar-refractivity contribution >= 4 is 24.1 Å². The fraction of sp³-hybridized carbons (Fsp3) is 0.440. The lowest BCUT2D eigenvalue weighted by molar-refractivity contribution is 0.111. The van der Waals surface area contributed by atoms with Crippen molar-refractivity contribution in [2.45, 2.75) is 44.0 Å². The molecule has 1 unspecified atom stereocenters. The van der Waals surface area contributed by atoms with Gasteiger partial charge in [0.05, 0.1) is 12.2 Å². The Bertz CT molecular complexity index is 1110. The van der Waals surface area contributed by atoms with Crippen LogP contribution in [0.15, 0.2) is 47.6 Å². The highest BCUT2D eigenvalue weighted by molar-refractivity contribution is 7.97. The summed E-state index contributed by atoms with van der Waals surface area (Å²) < 4.78 is 19.7. The fourth-order valence-electron chi connectivity index (χ4n) is 4.36. The van der Waals surface area contributed by atoms with Gasteiger partial charge in [0, 0.05) is 74.0 Å². The first kappa shape index (κ1) is 24.5. The van der Waals surface area contributed by atoms with Crippen molar-refractivity contribution in [1.29, 1.82) is 0 Å². The Labute approximate surface area is 205 Å². The third-order valence-corrected chi connectivity index (χ3v) is 7.57. The molecule has 1 atom stereocenters. The molecule has 1 N–H and O–H groups in total. The second kappa shape index (κ2) is 11.2. The molecule has 1 fully saturated rings. The predicted molar refractivity (Wildman–Crippen MR) is 135 cm³/mol. The van der Waals surface area contributed by atoms with E-state index in [4.69, 9.17) is 0 Å². The maximum atomic E-state index is 13.1. The van der Waals surface area contributed by atoms with Crippen LogP contribution in [0.1, 0.15) is 33.9 Å². The van der Waals surface area contributed by atoms with Gasteiger partial charge >= 0.3 is 0 Å². The first-order valence-corrected chi connectivity index (χ1v) is 12.4. The quantitative estimate of drug-likeness (QED) is 0.424. The topological polar surface area (TPSA) is 58.3 Å². The van der Waals surface area contributed by atoms with Gasteiger partial charge in [0.2, 0.25) is 0 Å². The Hall–Kier alpha value is -2.62. The van der Waals surface area contributed by atoms with Gasteiger partial charge < -0.3 is 19.4 Å². The van der Waals surface area contributed by atoms with E-state index in [2.05, 4.69) is 44.4 Å². The summed E-state index contributed by atoms with van der Waals surface area (Å²) in [6, 6.07) is 10.2. The van der Waals surface area contributed by atoms with Gasteiger partial charge in [-0.25, -0.2) is 13.7 Å². The number of hydrogen-bond acceptors (Lipinski definition) is 6. The van der Waals surface area contributed by atoms with Gasteiger partial charge in [-0.1, -0.05) is 6.07 Å². The average Bonchev–Trinajstić information content (AvgIpc) is 3.56. The number of aldehydes is 1. The van der Waals surface area contributed by atoms with Crippen LogP contribution in [0, 0.1) is 6.92 Å². The summed E-state index contributed by atoms with van der Waals surface area (Å²) in [5.74, 6) is 0.923. The number of nitrogens with one attached hydrogen (secondary N) is 1. The molecule has 3 aromatic rings. The molecule has 1 saturated heterocycles. The molecule has 0 saturated carbocycles. The highest BCUT2D eigenvalue weighted by Gasteiger charge is 2.24. The highest BCUT2D eigenvalue weighted by atomic mass is 32.2. The van der Waals surface area contributed by atoms with Gasteiger partial charge in [0.1, 0.15) is 12.0 Å². The molecule has 0 aliphatic carbocycles. The second-order valence-electron chi connectivity index (χ2n) is 8.69. The van der Waals surface area contributed by atoms with Gasteiger partial charge in [0.15, 0.2) is 6.29 Å². The largest absolute Gasteiger partial charge is 0.353 e. The third-order valence-electron chi connectivity index (χ3n) is 6.39. The van der Waals surface area contributed by atoms with E-state index in [1.807, 2.05) is 41.8 Å². The molecule has 0 bridgehead atoms. The number of alkyl halides is 1. The zero-order valence-electron chi connectivity index (χ0n) is 20.1. The van der Waals surface area contributed by atoms with E-state index in [1.165, 1.54) is 10.6 Å². The maximum absolute atomic E-state index is 13.1. The van der Waals surface area contributed by atoms with E-state index in [0.29, 0.717) is 13.0 Å². The van der Waals surface area contributed by atoms with Crippen molar-refractivity contribution in [3.05, 3.63) is 65.4 Å². The van der Waals surface area contributed by atoms with Crippen LogP contribution in [0.25, 0.3) is 0 Å². The number of aromatic nitrogens is 3. The molecular formula is C25H33FN6OS. The lowest BCUT2D eigenvalue weighted by Crippen LogP contribution is -2.27. The molecule has 34 heavy (non-hydrogen) atoms. The molecule has 5 heterocycles. The summed E-state index contributed by atoms with van der Waals surface area (Å²) in [7, 11) is 3.84. The number of rotatable bonds is 6. The summed E-state index contributed by atoms with van der Waals surface area (Å²) in [4.78, 5) is 18.5. The van der Waals surface area contributed by atoms with Gasteiger partial charge in [-0.05, 0) is 56.6 Å². The summed E-state index contributed by atoms with van der Waals surface area (Å²) >= 11 is 1.75. The van der Waals surface area contributed by atoms with E-state index in [1.54, 1.807) is 18.1 Å². The Morgan fingerprint density at radius 2 is 2.12 bits per heavy atom. The summed E-state index contributed by atoms with van der Waals surface area (Å²) in [5.41, 5.74) is 4.37. The standard InChI is InChI=1S/C14H17N3OS.C11H16FN3/c1-11-14(8-13(10-18)15(11)2)19-17-7-6-16-5-3-4-12(16)9-17;1-13-7-9-3-2-5-14-11(9)15-6-4-10(12)8-15/h3-5,8,10H,6-7,9H2,1-2H3;2-3,5,10,13H,4,6-8H2,1H3. The summed E-state index contributed by atoms with van der Waals surface area (Å²) in [6.45, 7) is 7.09. The Morgan fingerprint density at radius 3 is 2.82 bits per heavy atom. The summed E-state index contributed by atoms with van der Waals surface area (Å²) in [5, 5.41) is 3.10. The SMILES string of the molecule is CNCc1cccnc1N1CCC(F)C1.Cc1c(SN2CCn3cccc3C2)cc(C=O)n1C. The highest BCUT2D eigenvalue weighted by Crippen LogP contribution is 2.31. The first-order valence-electron chi connectivity index (χ1n) is 11.7. The molecule has 182 valence electrons. The van der Waals surface area contributed by atoms with Crippen LogP contribution in [-0.4, -0.2) is 57.6 Å². The minimum absolute atomic E-state index is 0.480. The number of nitrogens with zero attached hydrogens (tertiary/aromatic N) is 5. The molecule has 9 heteroatoms. The molecule has 0 spiro atoms. The van der Waals surface area contributed by atoms with Gasteiger partial charge in [0.25, 0.3) is 0 Å². The lowest BCUT2D eigenvalue weighted by atomic mass is 10.2. The van der Waals surface area contributed by atoms with Crippen molar-refractivity contribution in [3.63, 3.8) is 0 Å². The fourth-order valence-corrected chi connectivity index (χ4v) is 5.45. The van der Waals surface area contributed by atoms with Crippen LogP contribution < -0.4 is 10.2 Å². The minimum Gasteiger partial charge on any atom is -0.353 e. The van der Waals surface area contributed by atoms with Gasteiger partial charge in [-0.3, -0.25) is 4.79 Å². The molecule has 3 aromatic heterocycles. The number of halogens is 1. The lowest BCUT2D eigenvalue weighted by Gasteiger charge is -2.27. The van der Waals surface area contributed by atoms with Gasteiger partial charge in [-0.15, -0.1) is 0 Å². The number of carbonyl (C=O) groups excluding carboxylic acids is 1. The Kier molecular flexibility index (Phi) is 8.07. The van der Waals surface area contributed by atoms with E-state index < -0.39 is 6.17 Å². The maximum Gasteiger partial charge on any atom is 0.166 e. The van der Waals surface area contributed by atoms with Crippen LogP contribution >= 0.6 is 11.9 Å². The molecule has 2 aliphatic rings. The molecule has 2 aliphatic heterocycles. The normalized spacial score (nSPS) is 17.9. The van der Waals surface area contributed by atoms with E-state index >= 15 is 0 Å². The van der Waals surface area contributed by atoms with E-state index in [0.717, 1.165) is 61.8 Å². The smallest absolute Gasteiger partial charge is 0.166 e. The Morgan fingerprint density at radius 1 is 1.26 bits per heavy atom. The van der Waals surface area contributed by atoms with Crippen molar-refractivity contribution in [2.75, 3.05) is 31.6 Å². The van der Waals surface area contributed by atoms with Crippen LogP contribution in [0.4, 0.5) is 10.2 Å². The molecule has 7 nitrogen and oxygen atoms in total. The van der Waals surface area contributed by atoms with Crippen LogP contribution in [0.3, 0.4) is 0 Å². The summed E-state index contributed by atoms with van der Waals surface area (Å²) in [6.07, 6.45) is 4.73. The van der Waals surface area contributed by atoms with E-state index in [-0.39, 0.29) is 0 Å². The van der Waals surface area contributed by atoms with E-state index in [9.17, 15) is 9.18 Å². The molecule has 0 aromatic carbocycles. The van der Waals surface area contributed by atoms with Crippen LogP contribution in [-0.2, 0) is 26.7 Å². The molecular weight excluding hydrogens is 451 g/mol. The van der Waals surface area contributed by atoms with Crippen LogP contribution in [0.5, 0.6) is 0 Å². The number of anilines is 1. The molecule has 0 amide bonds. The first-order chi connectivity index (χ1) is 16.5. The minimum atomic E-state index is -0.700. The number of hydrogen-bond donors (Lipinski definition) is 1. The number of fused-ring (bicyclic) bond motifs is 1. The van der Waals surface area contributed by atoms with Crippen molar-refractivity contribution in [3.8, 4) is 0 Å². The monoisotopic (exact) mass is 484 g/mol. The van der Waals surface area contributed by atoms with Crippen molar-refractivity contribution in [2.24, 2.45) is 7.05 Å². The second-order valence-corrected chi connectivity index (χ2v) is 9.83. The number of pyridine rings is 1. The number of carbonyl (C=O) groups is 1. The molecule has 5 rings (SSSR count). The Balaban J connectivity index is 0.000000166. The zero-order chi connectivity index (χ0) is 24.1. The zero-order valence-corrected chi connectivity index (χ0v) is 20.9. The predicted octanol–water partition coefficient (Wildman–Crippen LogP) is 3.82.